The number of halogens is 2. The molecular formula is C10H6BrIN2OS. The molecule has 0 aliphatic carbocycles. The van der Waals surface area contributed by atoms with Crippen LogP contribution in [-0.4, -0.2) is 3.97 Å². The maximum atomic E-state index is 9.05. The van der Waals surface area contributed by atoms with Gasteiger partial charge in [-0.05, 0) is 46.6 Å². The molecule has 0 saturated heterocycles. The first-order valence-corrected chi connectivity index (χ1v) is 6.72. The van der Waals surface area contributed by atoms with Crippen LogP contribution < -0.4 is 0 Å². The Kier molecular flexibility index (Phi) is 3.79. The zero-order valence-electron chi connectivity index (χ0n) is 8.20. The summed E-state index contributed by atoms with van der Waals surface area (Å²) >= 11 is 6.43. The predicted octanol–water partition coefficient (Wildman–Crippen LogP) is 4.36. The monoisotopic (exact) mass is 408 g/mol. The Balaban J connectivity index is 2.80. The fraction of sp³-hybridized carbons (Fsp3) is 0.100. The first-order chi connectivity index (χ1) is 7.67. The van der Waals surface area contributed by atoms with Gasteiger partial charge in [-0.3, -0.25) is 0 Å². The van der Waals surface area contributed by atoms with E-state index >= 15 is 0 Å². The average Bonchev–Trinajstić information content (AvgIpc) is 2.57. The molecule has 1 aromatic carbocycles. The van der Waals surface area contributed by atoms with Crippen LogP contribution in [0.5, 0.6) is 0 Å². The summed E-state index contributed by atoms with van der Waals surface area (Å²) in [5, 5.41) is 10.1. The second kappa shape index (κ2) is 4.96. The van der Waals surface area contributed by atoms with Crippen LogP contribution in [0.25, 0.3) is 10.9 Å². The molecule has 0 spiro atoms. The van der Waals surface area contributed by atoms with E-state index in [2.05, 4.69) is 22.0 Å². The maximum absolute atomic E-state index is 9.05. The number of benzene rings is 1. The normalized spacial score (nSPS) is 10.6. The van der Waals surface area contributed by atoms with E-state index in [1.165, 1.54) is 0 Å². The summed E-state index contributed by atoms with van der Waals surface area (Å²) in [5.41, 5.74) is 2.69. The number of hydrogen-bond donors (Lipinski definition) is 0. The SMILES string of the molecule is Cc1cc(Br)c2c(c1)cc(C#N)n2SOI. The van der Waals surface area contributed by atoms with Crippen molar-refractivity contribution < 1.29 is 2.51 Å². The minimum atomic E-state index is 0.572. The number of nitriles is 1. The number of fused-ring (bicyclic) bond motifs is 1. The molecule has 1 aromatic heterocycles. The molecular weight excluding hydrogens is 403 g/mol. The number of rotatable bonds is 2. The Bertz CT molecular complexity index is 590. The van der Waals surface area contributed by atoms with E-state index in [0.29, 0.717) is 5.69 Å². The summed E-state index contributed by atoms with van der Waals surface area (Å²) in [6, 6.07) is 8.08. The molecule has 6 heteroatoms. The third-order valence-electron chi connectivity index (χ3n) is 2.17. The molecule has 0 radical (unpaired) electrons. The van der Waals surface area contributed by atoms with Crippen LogP contribution in [0.4, 0.5) is 0 Å². The smallest absolute Gasteiger partial charge is 0.133 e. The van der Waals surface area contributed by atoms with Crippen LogP contribution in [0.2, 0.25) is 0 Å². The van der Waals surface area contributed by atoms with Gasteiger partial charge in [0.15, 0.2) is 0 Å². The van der Waals surface area contributed by atoms with Crippen molar-refractivity contribution in [3.8, 4) is 6.07 Å². The standard InChI is InChI=1S/C10H6BrIN2OS/c1-6-2-7-4-8(5-13)14(16-15-12)10(7)9(11)3-6/h2-4H,1H3. The highest BCUT2D eigenvalue weighted by Gasteiger charge is 2.12. The summed E-state index contributed by atoms with van der Waals surface area (Å²) in [5.74, 6) is 0. The van der Waals surface area contributed by atoms with E-state index in [4.69, 9.17) is 7.77 Å². The lowest BCUT2D eigenvalue weighted by molar-refractivity contribution is 0.830. The molecule has 0 aliphatic heterocycles. The first kappa shape index (κ1) is 12.2. The van der Waals surface area contributed by atoms with Crippen molar-refractivity contribution >= 4 is 62.1 Å². The molecule has 0 bridgehead atoms. The highest BCUT2D eigenvalue weighted by molar-refractivity contribution is 14.1. The fourth-order valence-electron chi connectivity index (χ4n) is 1.60. The van der Waals surface area contributed by atoms with Crippen LogP contribution in [0.15, 0.2) is 22.7 Å². The van der Waals surface area contributed by atoms with Gasteiger partial charge in [-0.25, -0.2) is 6.48 Å². The molecule has 0 unspecified atom stereocenters. The van der Waals surface area contributed by atoms with Crippen molar-refractivity contribution in [3.05, 3.63) is 33.9 Å². The lowest BCUT2D eigenvalue weighted by Crippen LogP contribution is -1.90. The van der Waals surface area contributed by atoms with E-state index in [1.54, 1.807) is 27.0 Å². The molecule has 0 atom stereocenters. The molecule has 0 saturated carbocycles. The lowest BCUT2D eigenvalue weighted by atomic mass is 10.2. The molecule has 3 nitrogen and oxygen atoms in total. The maximum Gasteiger partial charge on any atom is 0.133 e. The Morgan fingerprint density at radius 2 is 2.25 bits per heavy atom. The third kappa shape index (κ3) is 2.09. The van der Waals surface area contributed by atoms with E-state index in [1.807, 2.05) is 25.1 Å². The molecule has 82 valence electrons. The van der Waals surface area contributed by atoms with Gasteiger partial charge in [-0.2, -0.15) is 5.26 Å². The van der Waals surface area contributed by atoms with Crippen molar-refractivity contribution in [2.75, 3.05) is 0 Å². The molecule has 0 aliphatic rings. The second-order valence-electron chi connectivity index (χ2n) is 3.26. The number of nitrogens with zero attached hydrogens (tertiary/aromatic N) is 2. The number of aromatic nitrogens is 1. The molecule has 2 rings (SSSR count). The molecule has 2 aromatic rings. The van der Waals surface area contributed by atoms with Gasteiger partial charge >= 0.3 is 0 Å². The molecule has 16 heavy (non-hydrogen) atoms. The minimum Gasteiger partial charge on any atom is -0.249 e. The third-order valence-corrected chi connectivity index (χ3v) is 3.84. The Morgan fingerprint density at radius 1 is 1.50 bits per heavy atom. The summed E-state index contributed by atoms with van der Waals surface area (Å²) in [6.45, 7) is 2.02. The summed E-state index contributed by atoms with van der Waals surface area (Å²) in [7, 11) is 0. The van der Waals surface area contributed by atoms with Crippen molar-refractivity contribution in [1.82, 2.24) is 3.97 Å². The second-order valence-corrected chi connectivity index (χ2v) is 5.83. The summed E-state index contributed by atoms with van der Waals surface area (Å²) in [6.07, 6.45) is 0. The van der Waals surface area contributed by atoms with Gasteiger partial charge in [0.2, 0.25) is 0 Å². The Morgan fingerprint density at radius 3 is 2.88 bits per heavy atom. The molecule has 0 amide bonds. The van der Waals surface area contributed by atoms with Gasteiger partial charge in [0.1, 0.15) is 47.0 Å². The highest BCUT2D eigenvalue weighted by Crippen LogP contribution is 2.32. The van der Waals surface area contributed by atoms with Crippen molar-refractivity contribution in [1.29, 1.82) is 5.26 Å². The predicted molar refractivity (Wildman–Crippen MR) is 77.2 cm³/mol. The molecule has 0 N–H and O–H groups in total. The van der Waals surface area contributed by atoms with Gasteiger partial charge in [-0.1, -0.05) is 0 Å². The zero-order valence-corrected chi connectivity index (χ0v) is 12.8. The van der Waals surface area contributed by atoms with E-state index in [-0.39, 0.29) is 0 Å². The lowest BCUT2D eigenvalue weighted by Gasteiger charge is -2.04. The van der Waals surface area contributed by atoms with Crippen LogP contribution in [0.1, 0.15) is 11.3 Å². The summed E-state index contributed by atoms with van der Waals surface area (Å²) < 4.78 is 7.73. The van der Waals surface area contributed by atoms with Gasteiger partial charge in [0.25, 0.3) is 0 Å². The number of hydrogen-bond acceptors (Lipinski definition) is 3. The largest absolute Gasteiger partial charge is 0.249 e. The quantitative estimate of drug-likeness (QED) is 0.547. The topological polar surface area (TPSA) is 38.0 Å². The van der Waals surface area contributed by atoms with E-state index in [9.17, 15) is 0 Å². The van der Waals surface area contributed by atoms with E-state index in [0.717, 1.165) is 33.2 Å². The number of aryl methyl sites for hydroxylation is 1. The van der Waals surface area contributed by atoms with Gasteiger partial charge in [0.05, 0.1) is 5.52 Å². The highest BCUT2D eigenvalue weighted by atomic mass is 127. The van der Waals surface area contributed by atoms with Crippen LogP contribution in [0, 0.1) is 18.3 Å². The fourth-order valence-corrected chi connectivity index (χ4v) is 3.47. The van der Waals surface area contributed by atoms with Crippen molar-refractivity contribution in [3.63, 3.8) is 0 Å². The molecule has 1 heterocycles. The Hall–Kier alpha value is -0.230. The van der Waals surface area contributed by atoms with Crippen molar-refractivity contribution in [2.24, 2.45) is 0 Å². The van der Waals surface area contributed by atoms with Crippen LogP contribution >= 0.6 is 51.2 Å². The summed E-state index contributed by atoms with van der Waals surface area (Å²) in [4.78, 5) is 0. The zero-order chi connectivity index (χ0) is 11.7. The average molecular weight is 409 g/mol. The van der Waals surface area contributed by atoms with E-state index < -0.39 is 0 Å². The first-order valence-electron chi connectivity index (χ1n) is 4.35. The minimum absolute atomic E-state index is 0.572. The van der Waals surface area contributed by atoms with Crippen LogP contribution in [-0.2, 0) is 2.51 Å². The van der Waals surface area contributed by atoms with Gasteiger partial charge in [-0.15, -0.1) is 0 Å². The Labute approximate surface area is 120 Å². The van der Waals surface area contributed by atoms with Gasteiger partial charge in [0, 0.05) is 9.86 Å². The van der Waals surface area contributed by atoms with Crippen LogP contribution in [0.3, 0.4) is 0 Å². The van der Waals surface area contributed by atoms with Crippen molar-refractivity contribution in [2.45, 2.75) is 6.92 Å². The molecule has 0 fully saturated rings. The van der Waals surface area contributed by atoms with Gasteiger partial charge < -0.3 is 0 Å².